The largest absolute Gasteiger partial charge is 0.377 e. The summed E-state index contributed by atoms with van der Waals surface area (Å²) in [5.74, 6) is 0.594. The van der Waals surface area contributed by atoms with Gasteiger partial charge in [-0.2, -0.15) is 0 Å². The first-order valence-corrected chi connectivity index (χ1v) is 6.71. The van der Waals surface area contributed by atoms with E-state index >= 15 is 0 Å². The van der Waals surface area contributed by atoms with Crippen molar-refractivity contribution >= 4 is 11.6 Å². The van der Waals surface area contributed by atoms with Crippen molar-refractivity contribution in [2.45, 2.75) is 25.5 Å². The summed E-state index contributed by atoms with van der Waals surface area (Å²) in [7, 11) is 0. The van der Waals surface area contributed by atoms with Crippen molar-refractivity contribution in [2.24, 2.45) is 0 Å². The third-order valence-electron chi connectivity index (χ3n) is 3.12. The fourth-order valence-corrected chi connectivity index (χ4v) is 2.28. The fraction of sp³-hybridized carbons (Fsp3) is 0.615. The summed E-state index contributed by atoms with van der Waals surface area (Å²) in [6.45, 7) is 3.91. The van der Waals surface area contributed by atoms with Crippen LogP contribution in [0.15, 0.2) is 24.5 Å². The predicted molar refractivity (Wildman–Crippen MR) is 69.2 cm³/mol. The number of likely N-dealkylation sites (tertiary alicyclic amines) is 1. The van der Waals surface area contributed by atoms with Crippen LogP contribution in [0.4, 0.5) is 0 Å². The summed E-state index contributed by atoms with van der Waals surface area (Å²) in [4.78, 5) is 6.50. The molecule has 1 aliphatic heterocycles. The van der Waals surface area contributed by atoms with E-state index < -0.39 is 0 Å². The normalized spacial score (nSPS) is 18.4. The molecule has 1 aromatic rings. The van der Waals surface area contributed by atoms with Gasteiger partial charge in [-0.15, -0.1) is 11.6 Å². The van der Waals surface area contributed by atoms with Crippen LogP contribution >= 0.6 is 11.6 Å². The van der Waals surface area contributed by atoms with Crippen molar-refractivity contribution in [1.82, 2.24) is 9.88 Å². The molecule has 2 rings (SSSR count). The maximum absolute atomic E-state index is 5.66. The van der Waals surface area contributed by atoms with Crippen molar-refractivity contribution in [3.8, 4) is 0 Å². The zero-order chi connectivity index (χ0) is 11.9. The van der Waals surface area contributed by atoms with Gasteiger partial charge in [0, 0.05) is 37.9 Å². The Morgan fingerprint density at radius 2 is 2.00 bits per heavy atom. The second kappa shape index (κ2) is 6.94. The molecular weight excluding hydrogens is 236 g/mol. The maximum atomic E-state index is 5.66. The van der Waals surface area contributed by atoms with Gasteiger partial charge in [-0.25, -0.2) is 0 Å². The lowest BCUT2D eigenvalue weighted by Gasteiger charge is -2.31. The fourth-order valence-electron chi connectivity index (χ4n) is 2.19. The zero-order valence-electron chi connectivity index (χ0n) is 10.0. The lowest BCUT2D eigenvalue weighted by Crippen LogP contribution is -2.36. The number of piperidine rings is 1. The molecule has 2 heterocycles. The van der Waals surface area contributed by atoms with E-state index in [1.165, 1.54) is 5.56 Å². The molecule has 4 heteroatoms. The first-order valence-electron chi connectivity index (χ1n) is 6.17. The SMILES string of the molecule is ClCCOC1CCN(Cc2ccncc2)CC1. The number of pyridine rings is 1. The van der Waals surface area contributed by atoms with Gasteiger partial charge in [-0.1, -0.05) is 0 Å². The van der Waals surface area contributed by atoms with Crippen LogP contribution in [0.5, 0.6) is 0 Å². The minimum atomic E-state index is 0.405. The van der Waals surface area contributed by atoms with Crippen molar-refractivity contribution in [2.75, 3.05) is 25.6 Å². The molecule has 1 aromatic heterocycles. The number of ether oxygens (including phenoxy) is 1. The quantitative estimate of drug-likeness (QED) is 0.754. The van der Waals surface area contributed by atoms with E-state index in [1.807, 2.05) is 12.4 Å². The minimum Gasteiger partial charge on any atom is -0.377 e. The average molecular weight is 255 g/mol. The Hall–Kier alpha value is -0.640. The number of aromatic nitrogens is 1. The summed E-state index contributed by atoms with van der Waals surface area (Å²) < 4.78 is 5.66. The van der Waals surface area contributed by atoms with Gasteiger partial charge in [-0.3, -0.25) is 9.88 Å². The van der Waals surface area contributed by atoms with Gasteiger partial charge in [0.25, 0.3) is 0 Å². The first kappa shape index (κ1) is 12.8. The van der Waals surface area contributed by atoms with Crippen LogP contribution < -0.4 is 0 Å². The molecule has 0 radical (unpaired) electrons. The Kier molecular flexibility index (Phi) is 5.23. The third kappa shape index (κ3) is 4.26. The highest BCUT2D eigenvalue weighted by Gasteiger charge is 2.19. The van der Waals surface area contributed by atoms with E-state index in [4.69, 9.17) is 16.3 Å². The van der Waals surface area contributed by atoms with Gasteiger partial charge >= 0.3 is 0 Å². The van der Waals surface area contributed by atoms with Crippen LogP contribution in [-0.4, -0.2) is 41.6 Å². The van der Waals surface area contributed by atoms with Gasteiger partial charge < -0.3 is 4.74 Å². The van der Waals surface area contributed by atoms with E-state index in [2.05, 4.69) is 22.0 Å². The average Bonchev–Trinajstić information content (AvgIpc) is 2.39. The van der Waals surface area contributed by atoms with Gasteiger partial charge in [0.05, 0.1) is 12.7 Å². The third-order valence-corrected chi connectivity index (χ3v) is 3.28. The van der Waals surface area contributed by atoms with Gasteiger partial charge in [-0.05, 0) is 30.5 Å². The van der Waals surface area contributed by atoms with E-state index in [1.54, 1.807) is 0 Å². The number of hydrogen-bond donors (Lipinski definition) is 0. The molecule has 1 saturated heterocycles. The number of hydrogen-bond acceptors (Lipinski definition) is 3. The Morgan fingerprint density at radius 1 is 1.29 bits per heavy atom. The Labute approximate surface area is 108 Å². The Balaban J connectivity index is 1.72. The second-order valence-corrected chi connectivity index (χ2v) is 4.77. The Bertz CT molecular complexity index is 312. The highest BCUT2D eigenvalue weighted by atomic mass is 35.5. The summed E-state index contributed by atoms with van der Waals surface area (Å²) in [5, 5.41) is 0. The van der Waals surface area contributed by atoms with Crippen molar-refractivity contribution < 1.29 is 4.74 Å². The Morgan fingerprint density at radius 3 is 2.65 bits per heavy atom. The van der Waals surface area contributed by atoms with E-state index in [0.29, 0.717) is 18.6 Å². The van der Waals surface area contributed by atoms with E-state index in [0.717, 1.165) is 32.5 Å². The van der Waals surface area contributed by atoms with Crippen LogP contribution in [0.3, 0.4) is 0 Å². The molecule has 0 N–H and O–H groups in total. The van der Waals surface area contributed by atoms with Gasteiger partial charge in [0.15, 0.2) is 0 Å². The van der Waals surface area contributed by atoms with Crippen LogP contribution in [0.1, 0.15) is 18.4 Å². The molecule has 0 aliphatic carbocycles. The summed E-state index contributed by atoms with van der Waals surface area (Å²) in [6.07, 6.45) is 6.34. The zero-order valence-corrected chi connectivity index (χ0v) is 10.8. The predicted octanol–water partition coefficient (Wildman–Crippen LogP) is 2.30. The molecular formula is C13H19ClN2O. The lowest BCUT2D eigenvalue weighted by molar-refractivity contribution is 0.0134. The molecule has 17 heavy (non-hydrogen) atoms. The second-order valence-electron chi connectivity index (χ2n) is 4.39. The molecule has 3 nitrogen and oxygen atoms in total. The highest BCUT2D eigenvalue weighted by molar-refractivity contribution is 6.17. The topological polar surface area (TPSA) is 25.4 Å². The van der Waals surface area contributed by atoms with Crippen molar-refractivity contribution in [3.63, 3.8) is 0 Å². The van der Waals surface area contributed by atoms with Crippen LogP contribution in [0.25, 0.3) is 0 Å². The number of halogens is 1. The van der Waals surface area contributed by atoms with Gasteiger partial charge in [0.1, 0.15) is 0 Å². The molecule has 0 aromatic carbocycles. The van der Waals surface area contributed by atoms with Crippen LogP contribution in [0.2, 0.25) is 0 Å². The maximum Gasteiger partial charge on any atom is 0.0605 e. The van der Waals surface area contributed by atoms with E-state index in [9.17, 15) is 0 Å². The molecule has 0 atom stereocenters. The summed E-state index contributed by atoms with van der Waals surface area (Å²) in [6, 6.07) is 4.16. The standard InChI is InChI=1S/C13H19ClN2O/c14-5-10-17-13-3-8-16(9-4-13)11-12-1-6-15-7-2-12/h1-2,6-7,13H,3-5,8-11H2. The highest BCUT2D eigenvalue weighted by Crippen LogP contribution is 2.15. The minimum absolute atomic E-state index is 0.405. The van der Waals surface area contributed by atoms with Gasteiger partial charge in [0.2, 0.25) is 0 Å². The van der Waals surface area contributed by atoms with Crippen molar-refractivity contribution in [1.29, 1.82) is 0 Å². The molecule has 0 amide bonds. The summed E-state index contributed by atoms with van der Waals surface area (Å²) in [5.41, 5.74) is 1.33. The molecule has 0 spiro atoms. The smallest absolute Gasteiger partial charge is 0.0605 e. The first-order chi connectivity index (χ1) is 8.38. The summed E-state index contributed by atoms with van der Waals surface area (Å²) >= 11 is 5.62. The molecule has 0 unspecified atom stereocenters. The van der Waals surface area contributed by atoms with Crippen LogP contribution in [0, 0.1) is 0 Å². The number of rotatable bonds is 5. The number of alkyl halides is 1. The molecule has 0 saturated carbocycles. The van der Waals surface area contributed by atoms with Crippen LogP contribution in [-0.2, 0) is 11.3 Å². The number of nitrogens with zero attached hydrogens (tertiary/aromatic N) is 2. The lowest BCUT2D eigenvalue weighted by atomic mass is 10.1. The monoisotopic (exact) mass is 254 g/mol. The van der Waals surface area contributed by atoms with E-state index in [-0.39, 0.29) is 0 Å². The molecule has 94 valence electrons. The molecule has 1 fully saturated rings. The molecule has 0 bridgehead atoms. The molecule has 1 aliphatic rings. The van der Waals surface area contributed by atoms with Crippen molar-refractivity contribution in [3.05, 3.63) is 30.1 Å².